The van der Waals surface area contributed by atoms with Crippen molar-refractivity contribution in [2.24, 2.45) is 0 Å². The van der Waals surface area contributed by atoms with Crippen LogP contribution in [-0.2, 0) is 4.79 Å². The van der Waals surface area contributed by atoms with Crippen LogP contribution < -0.4 is 20.3 Å². The zero-order chi connectivity index (χ0) is 26.9. The number of aromatic nitrogens is 1. The van der Waals surface area contributed by atoms with E-state index < -0.39 is 0 Å². The van der Waals surface area contributed by atoms with Crippen molar-refractivity contribution >= 4 is 56.5 Å². The third-order valence-corrected chi connectivity index (χ3v) is 7.87. The lowest BCUT2D eigenvalue weighted by molar-refractivity contribution is -0.127. The van der Waals surface area contributed by atoms with Crippen LogP contribution in [0.4, 0.5) is 21.9 Å². The van der Waals surface area contributed by atoms with E-state index in [9.17, 15) is 14.4 Å². The number of urea groups is 1. The molecule has 2 aliphatic rings. The van der Waals surface area contributed by atoms with Crippen molar-refractivity contribution in [3.63, 3.8) is 0 Å². The second-order valence-corrected chi connectivity index (χ2v) is 10.3. The smallest absolute Gasteiger partial charge is 0.331 e. The summed E-state index contributed by atoms with van der Waals surface area (Å²) in [6, 6.07) is 17.9. The molecule has 2 aliphatic heterocycles. The first-order chi connectivity index (χ1) is 19.0. The maximum Gasteiger partial charge on any atom is 0.331 e. The van der Waals surface area contributed by atoms with Gasteiger partial charge in [-0.25, -0.2) is 9.78 Å². The van der Waals surface area contributed by atoms with Gasteiger partial charge in [0.1, 0.15) is 21.2 Å². The topological polar surface area (TPSA) is 104 Å². The van der Waals surface area contributed by atoms with E-state index in [-0.39, 0.29) is 23.9 Å². The molecule has 1 saturated heterocycles. The van der Waals surface area contributed by atoms with Crippen LogP contribution in [0.25, 0.3) is 10.2 Å². The Morgan fingerprint density at radius 1 is 1.10 bits per heavy atom. The van der Waals surface area contributed by atoms with Crippen LogP contribution in [0.1, 0.15) is 22.5 Å². The van der Waals surface area contributed by atoms with Gasteiger partial charge in [-0.3, -0.25) is 14.5 Å². The summed E-state index contributed by atoms with van der Waals surface area (Å²) in [4.78, 5) is 47.5. The van der Waals surface area contributed by atoms with E-state index in [1.54, 1.807) is 34.2 Å². The van der Waals surface area contributed by atoms with Gasteiger partial charge in [0.05, 0.1) is 22.4 Å². The number of anilines is 3. The number of ether oxygens (including phenoxy) is 1. The first-order valence-electron chi connectivity index (χ1n) is 12.6. The van der Waals surface area contributed by atoms with Crippen molar-refractivity contribution in [3.8, 4) is 11.5 Å². The molecule has 0 bridgehead atoms. The number of hydrogen-bond acceptors (Lipinski definition) is 6. The Balaban J connectivity index is 1.27. The Hall–Kier alpha value is -4.70. The van der Waals surface area contributed by atoms with Gasteiger partial charge in [0, 0.05) is 25.3 Å². The molecule has 39 heavy (non-hydrogen) atoms. The zero-order valence-corrected chi connectivity index (χ0v) is 21.7. The molecule has 0 aliphatic carbocycles. The van der Waals surface area contributed by atoms with Crippen molar-refractivity contribution < 1.29 is 19.1 Å². The number of thiophene rings is 1. The molecule has 4 heterocycles. The van der Waals surface area contributed by atoms with Crippen molar-refractivity contribution in [2.45, 2.75) is 18.9 Å². The number of para-hydroxylation sites is 1. The quantitative estimate of drug-likeness (QED) is 0.307. The number of pyridine rings is 1. The monoisotopic (exact) mass is 539 g/mol. The second-order valence-electron chi connectivity index (χ2n) is 9.29. The highest BCUT2D eigenvalue weighted by Crippen LogP contribution is 2.45. The Bertz CT molecular complexity index is 1580. The van der Waals surface area contributed by atoms with Crippen LogP contribution in [0, 0.1) is 0 Å². The number of amides is 4. The zero-order valence-electron chi connectivity index (χ0n) is 20.9. The second kappa shape index (κ2) is 10.2. The lowest BCUT2D eigenvalue weighted by atomic mass is 10.1. The van der Waals surface area contributed by atoms with Gasteiger partial charge in [-0.1, -0.05) is 24.8 Å². The third kappa shape index (κ3) is 4.70. The average Bonchev–Trinajstić information content (AvgIpc) is 3.33. The Labute approximate surface area is 228 Å². The molecule has 4 amide bonds. The van der Waals surface area contributed by atoms with Gasteiger partial charge in [0.15, 0.2) is 0 Å². The number of carbonyl (C=O) groups is 3. The van der Waals surface area contributed by atoms with Gasteiger partial charge >= 0.3 is 6.03 Å². The molecule has 0 radical (unpaired) electrons. The van der Waals surface area contributed by atoms with Crippen LogP contribution >= 0.6 is 11.3 Å². The molecule has 196 valence electrons. The highest BCUT2D eigenvalue weighted by atomic mass is 32.1. The number of likely N-dealkylation sites (tertiary alicyclic amines) is 1. The third-order valence-electron chi connectivity index (χ3n) is 6.77. The highest BCUT2D eigenvalue weighted by Gasteiger charge is 2.33. The fraction of sp³-hybridized carbons (Fsp3) is 0.172. The summed E-state index contributed by atoms with van der Waals surface area (Å²) in [5.74, 6) is 0.923. The largest absolute Gasteiger partial charge is 0.457 e. The van der Waals surface area contributed by atoms with Gasteiger partial charge < -0.3 is 20.3 Å². The van der Waals surface area contributed by atoms with Gasteiger partial charge in [-0.2, -0.15) is 0 Å². The minimum atomic E-state index is -0.375. The lowest BCUT2D eigenvalue weighted by Gasteiger charge is -2.32. The van der Waals surface area contributed by atoms with Gasteiger partial charge in [0.25, 0.3) is 5.91 Å². The van der Waals surface area contributed by atoms with Crippen LogP contribution in [0.5, 0.6) is 11.5 Å². The molecule has 9 nitrogen and oxygen atoms in total. The fourth-order valence-corrected chi connectivity index (χ4v) is 5.99. The van der Waals surface area contributed by atoms with E-state index in [1.165, 1.54) is 17.4 Å². The Morgan fingerprint density at radius 2 is 1.87 bits per heavy atom. The van der Waals surface area contributed by atoms with Gasteiger partial charge in [-0.15, -0.1) is 11.3 Å². The molecule has 1 atom stereocenters. The molecule has 10 heteroatoms. The molecular formula is C29H25N5O4S. The van der Waals surface area contributed by atoms with Gasteiger partial charge in [-0.05, 0) is 61.4 Å². The highest BCUT2D eigenvalue weighted by molar-refractivity contribution is 7.21. The van der Waals surface area contributed by atoms with Gasteiger partial charge in [0.2, 0.25) is 5.91 Å². The summed E-state index contributed by atoms with van der Waals surface area (Å²) in [5, 5.41) is 6.67. The summed E-state index contributed by atoms with van der Waals surface area (Å²) in [6.45, 7) is 4.62. The lowest BCUT2D eigenvalue weighted by Crippen LogP contribution is -2.49. The first-order valence-corrected chi connectivity index (χ1v) is 13.4. The number of piperidine rings is 1. The molecule has 0 spiro atoms. The Morgan fingerprint density at radius 3 is 2.64 bits per heavy atom. The van der Waals surface area contributed by atoms with E-state index in [1.807, 2.05) is 42.5 Å². The maximum atomic E-state index is 13.4. The number of hydrogen-bond donors (Lipinski definition) is 2. The summed E-state index contributed by atoms with van der Waals surface area (Å²) in [5.41, 5.74) is 1.75. The minimum absolute atomic E-state index is 0.147. The molecule has 2 aromatic carbocycles. The number of benzene rings is 2. The van der Waals surface area contributed by atoms with E-state index in [0.29, 0.717) is 51.0 Å². The number of carbonyl (C=O) groups excluding carboxylic acids is 3. The standard InChI is InChI=1S/C29H25N5O4S/c1-2-23(35)33-16-6-7-18(17-33)31-27(36)26-25-24-22(14-15-30-28(24)39-26)34(29(37)32-25)19-10-12-21(13-11-19)38-20-8-4-3-5-9-20/h2-5,8-15,18H,1,6-7,16-17H2,(H,31,36)(H,32,37)/t18-/m0/s1. The van der Waals surface area contributed by atoms with E-state index >= 15 is 0 Å². The van der Waals surface area contributed by atoms with E-state index in [4.69, 9.17) is 4.74 Å². The SMILES string of the molecule is C=CC(=O)N1CCC[C@H](NC(=O)c2sc3nccc4c3c2NC(=O)N4c2ccc(Oc3ccccc3)cc2)C1. The van der Waals surface area contributed by atoms with E-state index in [2.05, 4.69) is 22.2 Å². The van der Waals surface area contributed by atoms with Crippen LogP contribution in [0.2, 0.25) is 0 Å². The van der Waals surface area contributed by atoms with Crippen molar-refractivity contribution in [1.29, 1.82) is 0 Å². The summed E-state index contributed by atoms with van der Waals surface area (Å²) >= 11 is 1.23. The van der Waals surface area contributed by atoms with Crippen molar-refractivity contribution in [2.75, 3.05) is 23.3 Å². The molecule has 6 rings (SSSR count). The Kier molecular flexibility index (Phi) is 6.45. The number of nitrogens with one attached hydrogen (secondary N) is 2. The maximum absolute atomic E-state index is 13.4. The number of rotatable bonds is 6. The molecule has 4 aromatic rings. The summed E-state index contributed by atoms with van der Waals surface area (Å²) in [6.07, 6.45) is 4.48. The summed E-state index contributed by atoms with van der Waals surface area (Å²) < 4.78 is 5.88. The summed E-state index contributed by atoms with van der Waals surface area (Å²) in [7, 11) is 0. The molecule has 0 saturated carbocycles. The van der Waals surface area contributed by atoms with Crippen LogP contribution in [0.3, 0.4) is 0 Å². The number of nitrogens with zero attached hydrogens (tertiary/aromatic N) is 3. The van der Waals surface area contributed by atoms with Crippen LogP contribution in [0.15, 0.2) is 79.5 Å². The molecule has 2 aromatic heterocycles. The fourth-order valence-electron chi connectivity index (χ4n) is 4.96. The molecular weight excluding hydrogens is 514 g/mol. The minimum Gasteiger partial charge on any atom is -0.457 e. The average molecular weight is 540 g/mol. The normalized spacial score (nSPS) is 16.5. The van der Waals surface area contributed by atoms with E-state index in [0.717, 1.165) is 18.6 Å². The van der Waals surface area contributed by atoms with Crippen molar-refractivity contribution in [1.82, 2.24) is 15.2 Å². The van der Waals surface area contributed by atoms with Crippen molar-refractivity contribution in [3.05, 3.63) is 84.4 Å². The molecule has 1 fully saturated rings. The predicted molar refractivity (Wildman–Crippen MR) is 151 cm³/mol. The molecule has 2 N–H and O–H groups in total. The molecule has 0 unspecified atom stereocenters. The predicted octanol–water partition coefficient (Wildman–Crippen LogP) is 5.68. The van der Waals surface area contributed by atoms with Crippen LogP contribution in [-0.4, -0.2) is 46.9 Å². The first kappa shape index (κ1) is 24.6.